The lowest BCUT2D eigenvalue weighted by Crippen LogP contribution is -2.35. The summed E-state index contributed by atoms with van der Waals surface area (Å²) in [6.07, 6.45) is 7.08. The van der Waals surface area contributed by atoms with E-state index in [-0.39, 0.29) is 18.2 Å². The van der Waals surface area contributed by atoms with Crippen LogP contribution in [0.3, 0.4) is 0 Å². The van der Waals surface area contributed by atoms with Crippen molar-refractivity contribution in [1.82, 2.24) is 39.4 Å². The Morgan fingerprint density at radius 2 is 1.85 bits per heavy atom. The average molecular weight is 536 g/mol. The van der Waals surface area contributed by atoms with Crippen molar-refractivity contribution in [1.29, 1.82) is 0 Å². The van der Waals surface area contributed by atoms with Crippen molar-refractivity contribution in [2.24, 2.45) is 0 Å². The number of anilines is 2. The lowest BCUT2D eigenvalue weighted by Gasteiger charge is -2.29. The highest BCUT2D eigenvalue weighted by molar-refractivity contribution is 5.77. The van der Waals surface area contributed by atoms with E-state index in [0.717, 1.165) is 37.4 Å². The van der Waals surface area contributed by atoms with Crippen molar-refractivity contribution < 1.29 is 4.74 Å². The van der Waals surface area contributed by atoms with Gasteiger partial charge in [0.1, 0.15) is 22.9 Å². The van der Waals surface area contributed by atoms with Gasteiger partial charge in [0.25, 0.3) is 5.56 Å². The highest BCUT2D eigenvalue weighted by atomic mass is 16.5. The Morgan fingerprint density at radius 3 is 2.60 bits per heavy atom. The zero-order chi connectivity index (χ0) is 27.5. The predicted octanol–water partition coefficient (Wildman–Crippen LogP) is 3.84. The molecular weight excluding hydrogens is 506 g/mol. The van der Waals surface area contributed by atoms with E-state index < -0.39 is 0 Å². The van der Waals surface area contributed by atoms with E-state index in [9.17, 15) is 4.79 Å². The molecule has 11 heteroatoms. The average Bonchev–Trinajstić information content (AvgIpc) is 3.26. The Morgan fingerprint density at radius 1 is 1.05 bits per heavy atom. The van der Waals surface area contributed by atoms with Gasteiger partial charge in [-0.15, -0.1) is 11.7 Å². The van der Waals surface area contributed by atoms with E-state index in [0.29, 0.717) is 34.2 Å². The number of pyridine rings is 1. The number of likely N-dealkylation sites (tertiary alicyclic amines) is 1. The van der Waals surface area contributed by atoms with Crippen molar-refractivity contribution in [2.45, 2.75) is 25.5 Å². The van der Waals surface area contributed by atoms with Crippen LogP contribution in [-0.4, -0.2) is 65.7 Å². The SMILES string of the molecule is C=CCn1c(=O)c2cnc(Nc3ccc(OC4CCN(C)CC4)cc3)nc2n1-c1cccc(-c2cccnn2)n1. The maximum atomic E-state index is 13.3. The molecule has 11 nitrogen and oxygen atoms in total. The molecule has 5 heterocycles. The van der Waals surface area contributed by atoms with Gasteiger partial charge in [-0.3, -0.25) is 4.79 Å². The Balaban J connectivity index is 1.31. The molecule has 0 spiro atoms. The first-order valence-electron chi connectivity index (χ1n) is 13.2. The van der Waals surface area contributed by atoms with Gasteiger partial charge in [0.05, 0.1) is 12.2 Å². The minimum absolute atomic E-state index is 0.233. The number of rotatable bonds is 8. The second-order valence-corrected chi connectivity index (χ2v) is 9.68. The number of nitrogens with zero attached hydrogens (tertiary/aromatic N) is 8. The molecule has 1 aliphatic rings. The summed E-state index contributed by atoms with van der Waals surface area (Å²) < 4.78 is 9.38. The van der Waals surface area contributed by atoms with E-state index in [2.05, 4.69) is 39.0 Å². The molecule has 40 heavy (non-hydrogen) atoms. The molecule has 0 unspecified atom stereocenters. The maximum Gasteiger partial charge on any atom is 0.278 e. The molecule has 4 aromatic heterocycles. The Bertz CT molecular complexity index is 1690. The fourth-order valence-corrected chi connectivity index (χ4v) is 4.77. The number of hydrogen-bond acceptors (Lipinski definition) is 9. The smallest absolute Gasteiger partial charge is 0.278 e. The van der Waals surface area contributed by atoms with Gasteiger partial charge in [-0.1, -0.05) is 12.1 Å². The van der Waals surface area contributed by atoms with E-state index in [1.807, 2.05) is 48.5 Å². The second kappa shape index (κ2) is 11.1. The lowest BCUT2D eigenvalue weighted by molar-refractivity contribution is 0.114. The number of benzene rings is 1. The van der Waals surface area contributed by atoms with Crippen LogP contribution in [0.15, 0.2) is 84.4 Å². The number of allylic oxidation sites excluding steroid dienone is 1. The van der Waals surface area contributed by atoms with Crippen LogP contribution in [0.2, 0.25) is 0 Å². The summed E-state index contributed by atoms with van der Waals surface area (Å²) in [4.78, 5) is 29.5. The zero-order valence-electron chi connectivity index (χ0n) is 22.1. The standard InChI is InChI=1S/C29H29N9O2/c1-3-16-37-28(39)23-19-30-29(32-20-9-11-21(12-10-20)40-22-13-17-36(2)18-14-22)34-27(23)38(37)26-8-4-6-24(33-26)25-7-5-15-31-35-25/h3-12,15,19,22H,1,13-14,16-18H2,2H3,(H,30,32,34). The van der Waals surface area contributed by atoms with Crippen LogP contribution in [0.5, 0.6) is 5.75 Å². The fraction of sp³-hybridized carbons (Fsp3) is 0.241. The van der Waals surface area contributed by atoms with Gasteiger partial charge in [-0.25, -0.2) is 19.3 Å². The van der Waals surface area contributed by atoms with Crippen molar-refractivity contribution in [3.8, 4) is 23.0 Å². The second-order valence-electron chi connectivity index (χ2n) is 9.68. The van der Waals surface area contributed by atoms with Crippen LogP contribution in [-0.2, 0) is 6.54 Å². The van der Waals surface area contributed by atoms with Crippen molar-refractivity contribution >= 4 is 22.7 Å². The molecule has 0 bridgehead atoms. The highest BCUT2D eigenvalue weighted by Crippen LogP contribution is 2.24. The molecule has 0 amide bonds. The predicted molar refractivity (Wildman–Crippen MR) is 153 cm³/mol. The molecule has 0 aliphatic carbocycles. The summed E-state index contributed by atoms with van der Waals surface area (Å²) in [5.74, 6) is 1.70. The third-order valence-electron chi connectivity index (χ3n) is 6.84. The van der Waals surface area contributed by atoms with Crippen molar-refractivity contribution in [2.75, 3.05) is 25.5 Å². The Hall–Kier alpha value is -4.90. The summed E-state index contributed by atoms with van der Waals surface area (Å²) in [6.45, 7) is 6.18. The molecule has 1 N–H and O–H groups in total. The summed E-state index contributed by atoms with van der Waals surface area (Å²) >= 11 is 0. The first-order chi connectivity index (χ1) is 19.6. The zero-order valence-corrected chi connectivity index (χ0v) is 22.1. The van der Waals surface area contributed by atoms with Gasteiger partial charge >= 0.3 is 0 Å². The Kier molecular flexibility index (Phi) is 7.02. The van der Waals surface area contributed by atoms with Crippen LogP contribution in [0, 0.1) is 0 Å². The molecule has 1 fully saturated rings. The van der Waals surface area contributed by atoms with Gasteiger partial charge in [0.15, 0.2) is 11.5 Å². The van der Waals surface area contributed by atoms with Crippen LogP contribution < -0.4 is 15.6 Å². The molecule has 0 radical (unpaired) electrons. The Labute approximate surface area is 230 Å². The van der Waals surface area contributed by atoms with Gasteiger partial charge in [-0.2, -0.15) is 10.1 Å². The molecule has 202 valence electrons. The van der Waals surface area contributed by atoms with E-state index in [4.69, 9.17) is 14.7 Å². The number of fused-ring (bicyclic) bond motifs is 1. The van der Waals surface area contributed by atoms with Crippen LogP contribution in [0.25, 0.3) is 28.2 Å². The molecule has 5 aromatic rings. The summed E-state index contributed by atoms with van der Waals surface area (Å²) in [6, 6.07) is 16.9. The molecular formula is C29H29N9O2. The first kappa shape index (κ1) is 25.4. The molecule has 1 aromatic carbocycles. The van der Waals surface area contributed by atoms with Crippen molar-refractivity contribution in [3.05, 3.63) is 90.0 Å². The normalized spacial score (nSPS) is 14.3. The topological polar surface area (TPSA) is 116 Å². The number of ether oxygens (including phenoxy) is 1. The lowest BCUT2D eigenvalue weighted by atomic mass is 10.1. The van der Waals surface area contributed by atoms with Crippen molar-refractivity contribution in [3.63, 3.8) is 0 Å². The number of hydrogen-bond donors (Lipinski definition) is 1. The highest BCUT2D eigenvalue weighted by Gasteiger charge is 2.19. The van der Waals surface area contributed by atoms with Gasteiger partial charge in [0.2, 0.25) is 5.95 Å². The van der Waals surface area contributed by atoms with Crippen LogP contribution in [0.4, 0.5) is 11.6 Å². The minimum atomic E-state index is -0.233. The molecule has 0 atom stereocenters. The summed E-state index contributed by atoms with van der Waals surface area (Å²) in [5.41, 5.74) is 2.25. The third-order valence-corrected chi connectivity index (χ3v) is 6.84. The van der Waals surface area contributed by atoms with Gasteiger partial charge in [0, 0.05) is 31.2 Å². The fourth-order valence-electron chi connectivity index (χ4n) is 4.77. The maximum absolute atomic E-state index is 13.3. The minimum Gasteiger partial charge on any atom is -0.490 e. The van der Waals surface area contributed by atoms with Crippen LogP contribution >= 0.6 is 0 Å². The van der Waals surface area contributed by atoms with E-state index >= 15 is 0 Å². The van der Waals surface area contributed by atoms with E-state index in [1.165, 1.54) is 10.9 Å². The number of piperidine rings is 1. The summed E-state index contributed by atoms with van der Waals surface area (Å²) in [7, 11) is 2.14. The summed E-state index contributed by atoms with van der Waals surface area (Å²) in [5, 5.41) is 11.7. The first-order valence-corrected chi connectivity index (χ1v) is 13.2. The third kappa shape index (κ3) is 5.19. The molecule has 0 saturated carbocycles. The van der Waals surface area contributed by atoms with Gasteiger partial charge < -0.3 is 15.0 Å². The molecule has 6 rings (SSSR count). The van der Waals surface area contributed by atoms with Crippen LogP contribution in [0.1, 0.15) is 12.8 Å². The largest absolute Gasteiger partial charge is 0.490 e. The van der Waals surface area contributed by atoms with Gasteiger partial charge in [-0.05, 0) is 68.4 Å². The van der Waals surface area contributed by atoms with E-state index in [1.54, 1.807) is 23.0 Å². The number of nitrogens with one attached hydrogen (secondary N) is 1. The molecule has 1 aliphatic heterocycles. The monoisotopic (exact) mass is 535 g/mol. The molecule has 1 saturated heterocycles. The number of aromatic nitrogens is 7. The quantitative estimate of drug-likeness (QED) is 0.296.